The first-order valence-electron chi connectivity index (χ1n) is 9.02. The second-order valence-corrected chi connectivity index (χ2v) is 7.50. The third-order valence-electron chi connectivity index (χ3n) is 4.68. The van der Waals surface area contributed by atoms with E-state index in [2.05, 4.69) is 48.4 Å². The van der Waals surface area contributed by atoms with Crippen LogP contribution in [0, 0.1) is 0 Å². The van der Waals surface area contributed by atoms with E-state index >= 15 is 0 Å². The van der Waals surface area contributed by atoms with Crippen LogP contribution in [0.4, 0.5) is 0 Å². The van der Waals surface area contributed by atoms with E-state index in [0.29, 0.717) is 5.92 Å². The van der Waals surface area contributed by atoms with Crippen LogP contribution in [0.5, 0.6) is 0 Å². The van der Waals surface area contributed by atoms with Crippen molar-refractivity contribution in [2.24, 2.45) is 0 Å². The van der Waals surface area contributed by atoms with Crippen molar-refractivity contribution >= 4 is 17.2 Å². The van der Waals surface area contributed by atoms with Crippen LogP contribution in [0.25, 0.3) is 0 Å². The topological polar surface area (TPSA) is 64.0 Å². The highest BCUT2D eigenvalue weighted by atomic mass is 32.1. The predicted molar refractivity (Wildman–Crippen MR) is 108 cm³/mol. The minimum Gasteiger partial charge on any atom is -0.343 e. The van der Waals surface area contributed by atoms with Crippen LogP contribution in [-0.2, 0) is 11.3 Å². The first kappa shape index (κ1) is 19.0. The van der Waals surface area contributed by atoms with Crippen LogP contribution < -0.4 is 11.0 Å². The Balaban J connectivity index is 1.81. The summed E-state index contributed by atoms with van der Waals surface area (Å²) in [5, 5.41) is 5.05. The molecule has 27 heavy (non-hydrogen) atoms. The molecule has 0 aliphatic carbocycles. The molecule has 0 saturated carbocycles. The molecule has 1 N–H and O–H groups in total. The summed E-state index contributed by atoms with van der Waals surface area (Å²) in [5.74, 6) is 0.279. The number of hydrogen-bond acceptors (Lipinski definition) is 4. The van der Waals surface area contributed by atoms with Gasteiger partial charge in [-0.3, -0.25) is 9.36 Å². The number of benzene rings is 1. The van der Waals surface area contributed by atoms with Crippen LogP contribution in [0.2, 0.25) is 0 Å². The number of aromatic nitrogens is 2. The summed E-state index contributed by atoms with van der Waals surface area (Å²) in [6.07, 6.45) is 4.07. The van der Waals surface area contributed by atoms with Crippen molar-refractivity contribution in [1.29, 1.82) is 0 Å². The first-order valence-corrected chi connectivity index (χ1v) is 9.90. The van der Waals surface area contributed by atoms with Crippen molar-refractivity contribution in [3.8, 4) is 0 Å². The fraction of sp³-hybridized carbons (Fsp3) is 0.286. The fourth-order valence-electron chi connectivity index (χ4n) is 2.90. The minimum absolute atomic E-state index is 0.0561. The molecule has 0 unspecified atom stereocenters. The van der Waals surface area contributed by atoms with Gasteiger partial charge in [-0.25, -0.2) is 9.78 Å². The molecule has 0 spiro atoms. The van der Waals surface area contributed by atoms with Crippen molar-refractivity contribution in [2.45, 2.75) is 38.8 Å². The maximum absolute atomic E-state index is 12.6. The minimum atomic E-state index is -0.432. The van der Waals surface area contributed by atoms with Gasteiger partial charge in [0.15, 0.2) is 0 Å². The van der Waals surface area contributed by atoms with Crippen LogP contribution in [-0.4, -0.2) is 15.5 Å². The summed E-state index contributed by atoms with van der Waals surface area (Å²) in [6.45, 7) is 4.33. The van der Waals surface area contributed by atoms with Gasteiger partial charge in [0, 0.05) is 17.3 Å². The summed E-state index contributed by atoms with van der Waals surface area (Å²) < 4.78 is 1.30. The molecule has 0 aliphatic heterocycles. The zero-order valence-corrected chi connectivity index (χ0v) is 16.3. The van der Waals surface area contributed by atoms with E-state index in [4.69, 9.17) is 0 Å². The van der Waals surface area contributed by atoms with Gasteiger partial charge in [-0.1, -0.05) is 44.2 Å². The van der Waals surface area contributed by atoms with E-state index in [1.54, 1.807) is 23.6 Å². The largest absolute Gasteiger partial charge is 0.347 e. The Morgan fingerprint density at radius 3 is 2.56 bits per heavy atom. The van der Waals surface area contributed by atoms with Gasteiger partial charge in [0.1, 0.15) is 6.54 Å². The first-order chi connectivity index (χ1) is 13.1. The molecule has 6 heteroatoms. The normalized spacial score (nSPS) is 13.1. The molecule has 0 aliphatic rings. The van der Waals surface area contributed by atoms with E-state index in [0.717, 1.165) is 16.9 Å². The Morgan fingerprint density at radius 1 is 1.19 bits per heavy atom. The molecular formula is C21H23N3O2S. The zero-order chi connectivity index (χ0) is 19.2. The summed E-state index contributed by atoms with van der Waals surface area (Å²) in [6, 6.07) is 13.8. The van der Waals surface area contributed by atoms with E-state index < -0.39 is 5.69 Å². The van der Waals surface area contributed by atoms with Crippen LogP contribution in [0.1, 0.15) is 48.2 Å². The molecule has 2 aromatic heterocycles. The number of rotatable bonds is 7. The number of carbonyl (C=O) groups is 1. The Morgan fingerprint density at radius 2 is 1.93 bits per heavy atom. The SMILES string of the molecule is CC[C@H](C)c1ccc([C@@H](NC(=O)Cn2cccnc2=O)c2cccs2)cc1. The number of thiophene rings is 1. The Labute approximate surface area is 162 Å². The maximum Gasteiger partial charge on any atom is 0.347 e. The molecular weight excluding hydrogens is 358 g/mol. The lowest BCUT2D eigenvalue weighted by atomic mass is 9.95. The van der Waals surface area contributed by atoms with Gasteiger partial charge in [-0.15, -0.1) is 11.3 Å². The summed E-state index contributed by atoms with van der Waals surface area (Å²) in [7, 11) is 0. The highest BCUT2D eigenvalue weighted by Gasteiger charge is 2.18. The Hall–Kier alpha value is -2.73. The Kier molecular flexibility index (Phi) is 6.19. The van der Waals surface area contributed by atoms with E-state index in [9.17, 15) is 9.59 Å². The summed E-state index contributed by atoms with van der Waals surface area (Å²) >= 11 is 1.60. The molecule has 5 nitrogen and oxygen atoms in total. The average Bonchev–Trinajstić information content (AvgIpc) is 3.22. The molecule has 3 rings (SSSR count). The van der Waals surface area contributed by atoms with Gasteiger partial charge >= 0.3 is 5.69 Å². The molecule has 0 saturated heterocycles. The third-order valence-corrected chi connectivity index (χ3v) is 5.62. The van der Waals surface area contributed by atoms with Crippen molar-refractivity contribution in [3.05, 3.63) is 86.7 Å². The van der Waals surface area contributed by atoms with E-state index in [1.807, 2.05) is 17.5 Å². The number of amides is 1. The predicted octanol–water partition coefficient (Wildman–Crippen LogP) is 3.72. The number of nitrogens with one attached hydrogen (secondary N) is 1. The molecule has 140 valence electrons. The number of carbonyl (C=O) groups excluding carboxylic acids is 1. The quantitative estimate of drug-likeness (QED) is 0.678. The standard InChI is InChI=1S/C21H23N3O2S/c1-3-15(2)16-7-9-17(10-8-16)20(18-6-4-13-27-18)23-19(25)14-24-12-5-11-22-21(24)26/h4-13,15,20H,3,14H2,1-2H3,(H,23,25)/t15-,20+/m0/s1. The second kappa shape index (κ2) is 8.77. The highest BCUT2D eigenvalue weighted by Crippen LogP contribution is 2.28. The summed E-state index contributed by atoms with van der Waals surface area (Å²) in [4.78, 5) is 29.1. The van der Waals surface area contributed by atoms with Crippen molar-refractivity contribution < 1.29 is 4.79 Å². The third kappa shape index (κ3) is 4.71. The summed E-state index contributed by atoms with van der Waals surface area (Å²) in [5.41, 5.74) is 1.88. The van der Waals surface area contributed by atoms with Crippen LogP contribution in [0.15, 0.2) is 65.0 Å². The molecule has 2 atom stereocenters. The fourth-order valence-corrected chi connectivity index (χ4v) is 3.70. The van der Waals surface area contributed by atoms with Gasteiger partial charge in [0.2, 0.25) is 5.91 Å². The van der Waals surface area contributed by atoms with Crippen molar-refractivity contribution in [2.75, 3.05) is 0 Å². The molecule has 0 radical (unpaired) electrons. The smallest absolute Gasteiger partial charge is 0.343 e. The second-order valence-electron chi connectivity index (χ2n) is 6.52. The molecule has 1 aromatic carbocycles. The molecule has 0 fully saturated rings. The number of nitrogens with zero attached hydrogens (tertiary/aromatic N) is 2. The lowest BCUT2D eigenvalue weighted by molar-refractivity contribution is -0.122. The van der Waals surface area contributed by atoms with Crippen molar-refractivity contribution in [3.63, 3.8) is 0 Å². The molecule has 3 aromatic rings. The molecule has 1 amide bonds. The highest BCUT2D eigenvalue weighted by molar-refractivity contribution is 7.10. The van der Waals surface area contributed by atoms with E-state index in [-0.39, 0.29) is 18.5 Å². The zero-order valence-electron chi connectivity index (χ0n) is 15.5. The number of hydrogen-bond donors (Lipinski definition) is 1. The molecule has 2 heterocycles. The van der Waals surface area contributed by atoms with Gasteiger partial charge in [-0.05, 0) is 41.0 Å². The van der Waals surface area contributed by atoms with Gasteiger partial charge in [0.05, 0.1) is 6.04 Å². The van der Waals surface area contributed by atoms with Crippen LogP contribution >= 0.6 is 11.3 Å². The van der Waals surface area contributed by atoms with E-state index in [1.165, 1.54) is 16.3 Å². The van der Waals surface area contributed by atoms with Gasteiger partial charge in [-0.2, -0.15) is 0 Å². The van der Waals surface area contributed by atoms with Gasteiger partial charge in [0.25, 0.3) is 0 Å². The average molecular weight is 382 g/mol. The Bertz CT molecular complexity index is 933. The monoisotopic (exact) mass is 381 g/mol. The van der Waals surface area contributed by atoms with Gasteiger partial charge < -0.3 is 5.32 Å². The van der Waals surface area contributed by atoms with Crippen molar-refractivity contribution in [1.82, 2.24) is 14.9 Å². The lowest BCUT2D eigenvalue weighted by Crippen LogP contribution is -2.35. The maximum atomic E-state index is 12.6. The lowest BCUT2D eigenvalue weighted by Gasteiger charge is -2.19. The van der Waals surface area contributed by atoms with Crippen LogP contribution in [0.3, 0.4) is 0 Å². The molecule has 0 bridgehead atoms.